The zero-order chi connectivity index (χ0) is 13.5. The fourth-order valence-electron chi connectivity index (χ4n) is 1.47. The molecule has 1 atom stereocenters. The van der Waals surface area contributed by atoms with Gasteiger partial charge in [-0.2, -0.15) is 11.8 Å². The van der Waals surface area contributed by atoms with Crippen LogP contribution in [0.1, 0.15) is 12.0 Å². The summed E-state index contributed by atoms with van der Waals surface area (Å²) in [5.74, 6) is -0.0463. The highest BCUT2D eigenvalue weighted by molar-refractivity contribution is 7.98. The van der Waals surface area contributed by atoms with E-state index in [1.54, 1.807) is 23.9 Å². The Bertz CT molecular complexity index is 415. The molecule has 1 aromatic carbocycles. The number of carboxylic acid groups (broad SMARTS) is 1. The van der Waals surface area contributed by atoms with Gasteiger partial charge >= 0.3 is 5.97 Å². The minimum Gasteiger partial charge on any atom is -0.480 e. The summed E-state index contributed by atoms with van der Waals surface area (Å²) in [6.07, 6.45) is 2.53. The molecule has 6 heteroatoms. The van der Waals surface area contributed by atoms with Gasteiger partial charge in [-0.3, -0.25) is 4.79 Å². The van der Waals surface area contributed by atoms with Crippen molar-refractivity contribution >= 4 is 40.9 Å². The minimum atomic E-state index is -0.845. The Morgan fingerprint density at radius 3 is 2.83 bits per heavy atom. The van der Waals surface area contributed by atoms with E-state index < -0.39 is 12.0 Å². The number of hydrogen-bond acceptors (Lipinski definition) is 3. The van der Waals surface area contributed by atoms with E-state index in [4.69, 9.17) is 28.3 Å². The van der Waals surface area contributed by atoms with Crippen molar-refractivity contribution in [2.45, 2.75) is 19.0 Å². The summed E-state index contributed by atoms with van der Waals surface area (Å²) in [5, 5.41) is 13.0. The van der Waals surface area contributed by atoms with Crippen LogP contribution in [0, 0.1) is 0 Å². The lowest BCUT2D eigenvalue weighted by Gasteiger charge is -2.14. The third-order valence-electron chi connectivity index (χ3n) is 2.48. The van der Waals surface area contributed by atoms with Crippen molar-refractivity contribution in [3.63, 3.8) is 0 Å². The van der Waals surface area contributed by atoms with E-state index in [9.17, 15) is 4.79 Å². The van der Waals surface area contributed by atoms with Crippen LogP contribution >= 0.6 is 35.0 Å². The van der Waals surface area contributed by atoms with Crippen LogP contribution < -0.4 is 5.32 Å². The smallest absolute Gasteiger partial charge is 0.320 e. The molecule has 18 heavy (non-hydrogen) atoms. The first kappa shape index (κ1) is 15.6. The first-order valence-electron chi connectivity index (χ1n) is 5.44. The van der Waals surface area contributed by atoms with Crippen LogP contribution in [0.5, 0.6) is 0 Å². The molecule has 0 radical (unpaired) electrons. The molecule has 0 spiro atoms. The quantitative estimate of drug-likeness (QED) is 0.811. The van der Waals surface area contributed by atoms with Gasteiger partial charge in [0.15, 0.2) is 0 Å². The number of benzene rings is 1. The fraction of sp³-hybridized carbons (Fsp3) is 0.417. The Morgan fingerprint density at radius 2 is 2.22 bits per heavy atom. The molecule has 3 nitrogen and oxygen atoms in total. The van der Waals surface area contributed by atoms with Crippen LogP contribution in [-0.4, -0.2) is 29.1 Å². The zero-order valence-corrected chi connectivity index (χ0v) is 12.3. The second-order valence-electron chi connectivity index (χ2n) is 3.77. The van der Waals surface area contributed by atoms with Gasteiger partial charge in [0, 0.05) is 6.54 Å². The van der Waals surface area contributed by atoms with Gasteiger partial charge in [-0.15, -0.1) is 0 Å². The predicted molar refractivity (Wildman–Crippen MR) is 77.7 cm³/mol. The van der Waals surface area contributed by atoms with E-state index in [1.165, 1.54) is 0 Å². The summed E-state index contributed by atoms with van der Waals surface area (Å²) >= 11 is 13.6. The summed E-state index contributed by atoms with van der Waals surface area (Å²) in [4.78, 5) is 11.0. The second-order valence-corrected chi connectivity index (χ2v) is 5.54. The molecule has 1 rings (SSSR count). The number of carbonyl (C=O) groups is 1. The molecule has 0 aromatic heterocycles. The molecule has 0 aliphatic rings. The molecular formula is C12H15Cl2NO2S. The molecule has 0 saturated heterocycles. The van der Waals surface area contributed by atoms with Crippen molar-refractivity contribution < 1.29 is 9.90 Å². The monoisotopic (exact) mass is 307 g/mol. The lowest BCUT2D eigenvalue weighted by atomic mass is 10.2. The van der Waals surface area contributed by atoms with Crippen molar-refractivity contribution in [2.75, 3.05) is 12.0 Å². The van der Waals surface area contributed by atoms with Crippen molar-refractivity contribution in [1.82, 2.24) is 5.32 Å². The Labute approximate surface area is 121 Å². The number of aliphatic carboxylic acids is 1. The van der Waals surface area contributed by atoms with Gasteiger partial charge < -0.3 is 10.4 Å². The molecule has 0 fully saturated rings. The molecule has 0 aliphatic carbocycles. The van der Waals surface area contributed by atoms with Crippen LogP contribution in [0.15, 0.2) is 18.2 Å². The Morgan fingerprint density at radius 1 is 1.50 bits per heavy atom. The van der Waals surface area contributed by atoms with Gasteiger partial charge in [0.05, 0.1) is 10.0 Å². The third kappa shape index (κ3) is 4.69. The molecule has 0 bridgehead atoms. The average molecular weight is 308 g/mol. The van der Waals surface area contributed by atoms with E-state index in [1.807, 2.05) is 12.3 Å². The van der Waals surface area contributed by atoms with E-state index in [-0.39, 0.29) is 0 Å². The van der Waals surface area contributed by atoms with Gasteiger partial charge in [0.25, 0.3) is 0 Å². The highest BCUT2D eigenvalue weighted by Gasteiger charge is 2.16. The molecule has 100 valence electrons. The lowest BCUT2D eigenvalue weighted by molar-refractivity contribution is -0.139. The number of hydrogen-bond donors (Lipinski definition) is 2. The van der Waals surface area contributed by atoms with Crippen LogP contribution in [0.3, 0.4) is 0 Å². The highest BCUT2D eigenvalue weighted by Crippen LogP contribution is 2.25. The third-order valence-corrected chi connectivity index (χ3v) is 3.98. The van der Waals surface area contributed by atoms with Crippen LogP contribution in [0.4, 0.5) is 0 Å². The van der Waals surface area contributed by atoms with Gasteiger partial charge in [0.2, 0.25) is 0 Å². The standard InChI is InChI=1S/C12H15Cl2NO2S/c1-18-6-5-10(12(16)17)15-7-8-3-2-4-9(13)11(8)14/h2-4,10,15H,5-7H2,1H3,(H,16,17). The lowest BCUT2D eigenvalue weighted by Crippen LogP contribution is -2.36. The van der Waals surface area contributed by atoms with Gasteiger partial charge in [-0.25, -0.2) is 0 Å². The summed E-state index contributed by atoms with van der Waals surface area (Å²) in [6.45, 7) is 0.394. The normalized spacial score (nSPS) is 12.4. The maximum Gasteiger partial charge on any atom is 0.320 e. The molecular weight excluding hydrogens is 293 g/mol. The van der Waals surface area contributed by atoms with Gasteiger partial charge in [-0.1, -0.05) is 35.3 Å². The van der Waals surface area contributed by atoms with E-state index >= 15 is 0 Å². The minimum absolute atomic E-state index is 0.394. The topological polar surface area (TPSA) is 49.3 Å². The Balaban J connectivity index is 2.61. The first-order valence-corrected chi connectivity index (χ1v) is 7.59. The summed E-state index contributed by atoms with van der Waals surface area (Å²) < 4.78 is 0. The highest BCUT2D eigenvalue weighted by atomic mass is 35.5. The van der Waals surface area contributed by atoms with E-state index in [2.05, 4.69) is 5.32 Å². The molecule has 2 N–H and O–H groups in total. The van der Waals surface area contributed by atoms with Crippen LogP contribution in [-0.2, 0) is 11.3 Å². The molecule has 0 saturated carbocycles. The fourth-order valence-corrected chi connectivity index (χ4v) is 2.33. The summed E-state index contributed by atoms with van der Waals surface area (Å²) in [5.41, 5.74) is 0.805. The molecule has 1 unspecified atom stereocenters. The molecule has 0 heterocycles. The second kappa shape index (κ2) is 7.89. The predicted octanol–water partition coefficient (Wildman–Crippen LogP) is 3.29. The summed E-state index contributed by atoms with van der Waals surface area (Å²) in [7, 11) is 0. The van der Waals surface area contributed by atoms with Crippen molar-refractivity contribution in [3.8, 4) is 0 Å². The maximum atomic E-state index is 11.0. The van der Waals surface area contributed by atoms with Crippen molar-refractivity contribution in [3.05, 3.63) is 33.8 Å². The Hall–Kier alpha value is -0.420. The SMILES string of the molecule is CSCCC(NCc1cccc(Cl)c1Cl)C(=O)O. The number of halogens is 2. The number of nitrogens with one attached hydrogen (secondary N) is 1. The number of carboxylic acids is 1. The van der Waals surface area contributed by atoms with Crippen molar-refractivity contribution in [2.24, 2.45) is 0 Å². The maximum absolute atomic E-state index is 11.0. The molecule has 0 aliphatic heterocycles. The molecule has 1 aromatic rings. The van der Waals surface area contributed by atoms with E-state index in [0.717, 1.165) is 11.3 Å². The Kier molecular flexibility index (Phi) is 6.86. The molecule has 0 amide bonds. The van der Waals surface area contributed by atoms with Crippen molar-refractivity contribution in [1.29, 1.82) is 0 Å². The summed E-state index contributed by atoms with van der Waals surface area (Å²) in [6, 6.07) is 4.76. The van der Waals surface area contributed by atoms with Crippen LogP contribution in [0.25, 0.3) is 0 Å². The largest absolute Gasteiger partial charge is 0.480 e. The van der Waals surface area contributed by atoms with Gasteiger partial charge in [-0.05, 0) is 30.1 Å². The number of rotatable bonds is 7. The number of thioether (sulfide) groups is 1. The van der Waals surface area contributed by atoms with Gasteiger partial charge in [0.1, 0.15) is 6.04 Å². The van der Waals surface area contributed by atoms with E-state index in [0.29, 0.717) is 23.0 Å². The average Bonchev–Trinajstić information content (AvgIpc) is 2.33. The zero-order valence-electron chi connectivity index (χ0n) is 9.95. The van der Waals surface area contributed by atoms with Crippen LogP contribution in [0.2, 0.25) is 10.0 Å². The first-order chi connectivity index (χ1) is 8.56.